The first-order valence-electron chi connectivity index (χ1n) is 5.01. The average molecular weight is 248 g/mol. The first-order chi connectivity index (χ1) is 8.58. The lowest BCUT2D eigenvalue weighted by Gasteiger charge is -2.08. The molecule has 90 valence electrons. The molecule has 2 rings (SSSR count). The van der Waals surface area contributed by atoms with Gasteiger partial charge in [0.1, 0.15) is 17.5 Å². The first-order valence-corrected chi connectivity index (χ1v) is 5.01. The molecule has 0 spiro atoms. The zero-order valence-corrected chi connectivity index (χ0v) is 9.05. The number of rotatable bonds is 2. The highest BCUT2D eigenvalue weighted by Gasteiger charge is 2.06. The number of hydrogen-bond donors (Lipinski definition) is 1. The summed E-state index contributed by atoms with van der Waals surface area (Å²) in [7, 11) is 0. The Hall–Kier alpha value is -2.48. The third-order valence-corrected chi connectivity index (χ3v) is 2.23. The van der Waals surface area contributed by atoms with Gasteiger partial charge in [-0.25, -0.2) is 13.2 Å². The predicted molar refractivity (Wildman–Crippen MR) is 60.8 cm³/mol. The average Bonchev–Trinajstić information content (AvgIpc) is 2.33. The van der Waals surface area contributed by atoms with Crippen molar-refractivity contribution >= 4 is 11.4 Å². The molecule has 0 aliphatic rings. The van der Waals surface area contributed by atoms with Gasteiger partial charge >= 0.3 is 0 Å². The molecular formula is C13H7F3N2. The van der Waals surface area contributed by atoms with Crippen molar-refractivity contribution in [2.24, 2.45) is 0 Å². The molecule has 0 fully saturated rings. The van der Waals surface area contributed by atoms with Gasteiger partial charge in [-0.1, -0.05) is 0 Å². The monoisotopic (exact) mass is 248 g/mol. The van der Waals surface area contributed by atoms with Gasteiger partial charge in [0.05, 0.1) is 17.3 Å². The summed E-state index contributed by atoms with van der Waals surface area (Å²) in [6.45, 7) is 0. The van der Waals surface area contributed by atoms with E-state index in [4.69, 9.17) is 5.26 Å². The van der Waals surface area contributed by atoms with Crippen LogP contribution < -0.4 is 5.32 Å². The number of benzene rings is 2. The van der Waals surface area contributed by atoms with E-state index in [1.165, 1.54) is 6.07 Å². The number of nitriles is 1. The van der Waals surface area contributed by atoms with Gasteiger partial charge in [0.2, 0.25) is 0 Å². The van der Waals surface area contributed by atoms with Crippen LogP contribution in [0.15, 0.2) is 36.4 Å². The fourth-order valence-corrected chi connectivity index (χ4v) is 1.48. The quantitative estimate of drug-likeness (QED) is 0.879. The molecule has 0 radical (unpaired) electrons. The molecule has 2 aromatic rings. The van der Waals surface area contributed by atoms with Crippen molar-refractivity contribution in [2.75, 3.05) is 5.32 Å². The minimum atomic E-state index is -0.667. The molecule has 0 heterocycles. The molecule has 0 saturated carbocycles. The van der Waals surface area contributed by atoms with Gasteiger partial charge in [0.25, 0.3) is 0 Å². The summed E-state index contributed by atoms with van der Waals surface area (Å²) in [6, 6.07) is 8.14. The van der Waals surface area contributed by atoms with Crippen molar-refractivity contribution in [3.8, 4) is 6.07 Å². The van der Waals surface area contributed by atoms with Crippen LogP contribution in [0.4, 0.5) is 24.5 Å². The van der Waals surface area contributed by atoms with E-state index in [2.05, 4.69) is 5.32 Å². The van der Waals surface area contributed by atoms with E-state index in [1.54, 1.807) is 6.07 Å². The van der Waals surface area contributed by atoms with Crippen LogP contribution in [0.2, 0.25) is 0 Å². The van der Waals surface area contributed by atoms with E-state index >= 15 is 0 Å². The Labute approximate surface area is 101 Å². The van der Waals surface area contributed by atoms with Gasteiger partial charge < -0.3 is 5.32 Å². The molecule has 2 aromatic carbocycles. The number of nitrogens with zero attached hydrogens (tertiary/aromatic N) is 1. The van der Waals surface area contributed by atoms with Crippen molar-refractivity contribution in [3.63, 3.8) is 0 Å². The lowest BCUT2D eigenvalue weighted by molar-refractivity contribution is 0.603. The number of hydrogen-bond acceptors (Lipinski definition) is 2. The summed E-state index contributed by atoms with van der Waals surface area (Å²) in [6.07, 6.45) is 0. The largest absolute Gasteiger partial charge is 0.353 e. The predicted octanol–water partition coefficient (Wildman–Crippen LogP) is 3.72. The van der Waals surface area contributed by atoms with Gasteiger partial charge in [-0.15, -0.1) is 0 Å². The van der Waals surface area contributed by atoms with Crippen molar-refractivity contribution in [1.82, 2.24) is 0 Å². The van der Waals surface area contributed by atoms with Crippen molar-refractivity contribution in [2.45, 2.75) is 0 Å². The first kappa shape index (κ1) is 12.0. The summed E-state index contributed by atoms with van der Waals surface area (Å²) in [4.78, 5) is 0. The Morgan fingerprint density at radius 2 is 1.72 bits per heavy atom. The molecule has 5 heteroatoms. The molecule has 0 saturated heterocycles. The van der Waals surface area contributed by atoms with Crippen LogP contribution in [0.25, 0.3) is 0 Å². The van der Waals surface area contributed by atoms with Crippen LogP contribution in [0.5, 0.6) is 0 Å². The summed E-state index contributed by atoms with van der Waals surface area (Å²) in [5, 5.41) is 11.2. The maximum absolute atomic E-state index is 13.4. The molecule has 1 N–H and O–H groups in total. The molecule has 0 amide bonds. The van der Waals surface area contributed by atoms with E-state index in [-0.39, 0.29) is 16.9 Å². The van der Waals surface area contributed by atoms with Gasteiger partial charge in [-0.2, -0.15) is 5.26 Å². The second kappa shape index (κ2) is 4.80. The zero-order chi connectivity index (χ0) is 13.1. The second-order valence-corrected chi connectivity index (χ2v) is 3.59. The summed E-state index contributed by atoms with van der Waals surface area (Å²) >= 11 is 0. The van der Waals surface area contributed by atoms with Crippen LogP contribution in [0.3, 0.4) is 0 Å². The molecule has 0 bridgehead atoms. The number of halogens is 3. The van der Waals surface area contributed by atoms with Crippen molar-refractivity contribution in [3.05, 3.63) is 59.4 Å². The fourth-order valence-electron chi connectivity index (χ4n) is 1.48. The Kier molecular flexibility index (Phi) is 3.20. The highest BCUT2D eigenvalue weighted by atomic mass is 19.1. The summed E-state index contributed by atoms with van der Waals surface area (Å²) in [5.74, 6) is -1.91. The molecule has 0 atom stereocenters. The number of nitrogens with one attached hydrogen (secondary N) is 1. The van der Waals surface area contributed by atoms with Crippen LogP contribution >= 0.6 is 0 Å². The molecule has 18 heavy (non-hydrogen) atoms. The van der Waals surface area contributed by atoms with Gasteiger partial charge in [-0.05, 0) is 30.3 Å². The van der Waals surface area contributed by atoms with Crippen molar-refractivity contribution < 1.29 is 13.2 Å². The smallest absolute Gasteiger partial charge is 0.146 e. The molecule has 0 aliphatic heterocycles. The topological polar surface area (TPSA) is 35.8 Å². The maximum atomic E-state index is 13.4. The molecule has 0 aliphatic carbocycles. The SMILES string of the molecule is N#Cc1cc(F)cc(Nc2cc(F)ccc2F)c1. The highest BCUT2D eigenvalue weighted by molar-refractivity contribution is 5.62. The minimum absolute atomic E-state index is 0.0920. The molecule has 0 aromatic heterocycles. The van der Waals surface area contributed by atoms with Crippen LogP contribution in [0, 0.1) is 28.8 Å². The lowest BCUT2D eigenvalue weighted by Crippen LogP contribution is -1.96. The summed E-state index contributed by atoms with van der Waals surface area (Å²) < 4.78 is 39.4. The molecular weight excluding hydrogens is 241 g/mol. The van der Waals surface area contributed by atoms with E-state index in [9.17, 15) is 13.2 Å². The second-order valence-electron chi connectivity index (χ2n) is 3.59. The maximum Gasteiger partial charge on any atom is 0.146 e. The Bertz CT molecular complexity index is 633. The number of anilines is 2. The van der Waals surface area contributed by atoms with Gasteiger partial charge in [0, 0.05) is 11.8 Å². The fraction of sp³-hybridized carbons (Fsp3) is 0. The minimum Gasteiger partial charge on any atom is -0.353 e. The third-order valence-electron chi connectivity index (χ3n) is 2.23. The summed E-state index contributed by atoms with van der Waals surface area (Å²) in [5.41, 5.74) is 0.148. The zero-order valence-electron chi connectivity index (χ0n) is 9.05. The van der Waals surface area contributed by atoms with Crippen molar-refractivity contribution in [1.29, 1.82) is 5.26 Å². The van der Waals surface area contributed by atoms with E-state index in [0.717, 1.165) is 30.3 Å². The van der Waals surface area contributed by atoms with E-state index < -0.39 is 17.5 Å². The normalized spacial score (nSPS) is 9.89. The Morgan fingerprint density at radius 1 is 0.944 bits per heavy atom. The van der Waals surface area contributed by atoms with Gasteiger partial charge in [0.15, 0.2) is 0 Å². The Balaban J connectivity index is 2.37. The van der Waals surface area contributed by atoms with Crippen LogP contribution in [-0.4, -0.2) is 0 Å². The third kappa shape index (κ3) is 2.61. The lowest BCUT2D eigenvalue weighted by atomic mass is 10.2. The highest BCUT2D eigenvalue weighted by Crippen LogP contribution is 2.22. The Morgan fingerprint density at radius 3 is 2.44 bits per heavy atom. The standard InChI is InChI=1S/C13H7F3N2/c14-9-1-2-12(16)13(6-9)18-11-4-8(7-17)3-10(15)5-11/h1-6,18H. The van der Waals surface area contributed by atoms with E-state index in [1.807, 2.05) is 0 Å². The van der Waals surface area contributed by atoms with E-state index in [0.29, 0.717) is 0 Å². The van der Waals surface area contributed by atoms with Crippen LogP contribution in [0.1, 0.15) is 5.56 Å². The van der Waals surface area contributed by atoms with Crippen LogP contribution in [-0.2, 0) is 0 Å². The molecule has 2 nitrogen and oxygen atoms in total. The molecule has 0 unspecified atom stereocenters. The van der Waals surface area contributed by atoms with Gasteiger partial charge in [-0.3, -0.25) is 0 Å².